The van der Waals surface area contributed by atoms with Gasteiger partial charge in [0, 0.05) is 33.7 Å². The monoisotopic (exact) mass is 286 g/mol. The third kappa shape index (κ3) is 4.49. The normalized spacial score (nSPS) is 10.7. The van der Waals surface area contributed by atoms with Crippen molar-refractivity contribution >= 4 is 27.8 Å². The van der Waals surface area contributed by atoms with Gasteiger partial charge in [0.1, 0.15) is 0 Å². The summed E-state index contributed by atoms with van der Waals surface area (Å²) < 4.78 is 10.2. The molecule has 1 aromatic heterocycles. The number of hydrogen-bond acceptors (Lipinski definition) is 6. The topological polar surface area (TPSA) is 64.8 Å². The second-order valence-electron chi connectivity index (χ2n) is 4.12. The number of ketones is 1. The summed E-state index contributed by atoms with van der Waals surface area (Å²) in [6.45, 7) is 4.59. The summed E-state index contributed by atoms with van der Waals surface area (Å²) in [6.07, 6.45) is 0.473. The number of nitrogens with zero attached hydrogens (tertiary/aromatic N) is 1. The number of methoxy groups -OCH3 is 2. The Morgan fingerprint density at radius 1 is 1.32 bits per heavy atom. The van der Waals surface area contributed by atoms with Crippen molar-refractivity contribution in [3.63, 3.8) is 0 Å². The Bertz CT molecular complexity index is 399. The van der Waals surface area contributed by atoms with Crippen molar-refractivity contribution in [1.29, 1.82) is 0 Å². The van der Waals surface area contributed by atoms with Gasteiger partial charge in [-0.1, -0.05) is 6.92 Å². The number of ether oxygens (including phenoxy) is 2. The third-order valence-electron chi connectivity index (χ3n) is 2.76. The number of nitrogen functional groups attached to an aromatic ring is 1. The van der Waals surface area contributed by atoms with E-state index in [9.17, 15) is 4.79 Å². The summed E-state index contributed by atoms with van der Waals surface area (Å²) in [5, 5.41) is 0.989. The van der Waals surface area contributed by atoms with Crippen LogP contribution in [0, 0.1) is 0 Å². The molecule has 0 aliphatic heterocycles. The van der Waals surface area contributed by atoms with Crippen molar-refractivity contribution in [2.24, 2.45) is 0 Å². The van der Waals surface area contributed by atoms with Crippen LogP contribution in [-0.2, 0) is 9.47 Å². The molecular formula is C13H22N2O3S. The molecule has 0 unspecified atom stereocenters. The molecule has 0 atom stereocenters. The molecule has 0 aliphatic carbocycles. The highest BCUT2D eigenvalue weighted by Gasteiger charge is 2.16. The summed E-state index contributed by atoms with van der Waals surface area (Å²) in [6, 6.07) is 1.86. The Hall–Kier alpha value is -1.11. The molecule has 0 aliphatic rings. The van der Waals surface area contributed by atoms with Crippen molar-refractivity contribution in [3.8, 4) is 0 Å². The summed E-state index contributed by atoms with van der Waals surface area (Å²) in [5.74, 6) is 0.0900. The van der Waals surface area contributed by atoms with E-state index in [0.29, 0.717) is 30.2 Å². The first-order valence-corrected chi connectivity index (χ1v) is 7.11. The van der Waals surface area contributed by atoms with Crippen LogP contribution in [0.4, 0.5) is 10.7 Å². The van der Waals surface area contributed by atoms with E-state index in [2.05, 4.69) is 4.90 Å². The summed E-state index contributed by atoms with van der Waals surface area (Å²) in [5.41, 5.74) is 6.48. The number of Topliss-reactive ketones (excluding diaryl/α,β-unsaturated/α-hetero) is 1. The number of carbonyl (C=O) groups is 1. The van der Waals surface area contributed by atoms with E-state index in [4.69, 9.17) is 15.2 Å². The molecule has 0 aromatic carbocycles. The van der Waals surface area contributed by atoms with E-state index >= 15 is 0 Å². The van der Waals surface area contributed by atoms with Crippen LogP contribution in [0.1, 0.15) is 23.0 Å². The zero-order valence-corrected chi connectivity index (χ0v) is 12.6. The van der Waals surface area contributed by atoms with Crippen molar-refractivity contribution in [2.45, 2.75) is 13.3 Å². The maximum Gasteiger partial charge on any atom is 0.174 e. The van der Waals surface area contributed by atoms with Gasteiger partial charge in [0.2, 0.25) is 0 Å². The smallest absolute Gasteiger partial charge is 0.174 e. The second kappa shape index (κ2) is 8.14. The van der Waals surface area contributed by atoms with Gasteiger partial charge in [0.25, 0.3) is 0 Å². The van der Waals surface area contributed by atoms with Crippen molar-refractivity contribution in [2.75, 3.05) is 51.2 Å². The molecule has 0 spiro atoms. The van der Waals surface area contributed by atoms with Gasteiger partial charge in [0.15, 0.2) is 5.78 Å². The third-order valence-corrected chi connectivity index (χ3v) is 4.02. The minimum absolute atomic E-state index is 0.0900. The lowest BCUT2D eigenvalue weighted by atomic mass is 10.2. The standard InChI is InChI=1S/C13H22N2O3S/c1-4-11(16)13-10(14)9-12(19-13)15(5-7-17-2)6-8-18-3/h9H,4-8,14H2,1-3H3. The fraction of sp³-hybridized carbons (Fsp3) is 0.615. The fourth-order valence-corrected chi connectivity index (χ4v) is 2.80. The average Bonchev–Trinajstić information content (AvgIpc) is 2.80. The Kier molecular flexibility index (Phi) is 6.83. The molecule has 0 saturated carbocycles. The van der Waals surface area contributed by atoms with Gasteiger partial charge in [-0.3, -0.25) is 4.79 Å². The van der Waals surface area contributed by atoms with Gasteiger partial charge in [0.05, 0.1) is 28.8 Å². The lowest BCUT2D eigenvalue weighted by Crippen LogP contribution is -2.29. The van der Waals surface area contributed by atoms with Crippen LogP contribution in [0.3, 0.4) is 0 Å². The lowest BCUT2D eigenvalue weighted by molar-refractivity contribution is 0.0993. The van der Waals surface area contributed by atoms with E-state index in [1.165, 1.54) is 11.3 Å². The molecule has 0 saturated heterocycles. The second-order valence-corrected chi connectivity index (χ2v) is 5.15. The molecule has 0 radical (unpaired) electrons. The summed E-state index contributed by atoms with van der Waals surface area (Å²) in [4.78, 5) is 14.5. The predicted molar refractivity (Wildman–Crippen MR) is 79.3 cm³/mol. The zero-order valence-electron chi connectivity index (χ0n) is 11.8. The quantitative estimate of drug-likeness (QED) is 0.704. The molecule has 5 nitrogen and oxygen atoms in total. The maximum absolute atomic E-state index is 11.8. The lowest BCUT2D eigenvalue weighted by Gasteiger charge is -2.22. The first-order valence-electron chi connectivity index (χ1n) is 6.29. The molecule has 1 aromatic rings. The van der Waals surface area contributed by atoms with Crippen LogP contribution in [0.2, 0.25) is 0 Å². The van der Waals surface area contributed by atoms with Crippen LogP contribution in [-0.4, -0.2) is 46.3 Å². The van der Waals surface area contributed by atoms with Crippen molar-refractivity contribution < 1.29 is 14.3 Å². The van der Waals surface area contributed by atoms with Gasteiger partial charge in [-0.05, 0) is 6.07 Å². The minimum Gasteiger partial charge on any atom is -0.397 e. The van der Waals surface area contributed by atoms with E-state index < -0.39 is 0 Å². The van der Waals surface area contributed by atoms with E-state index in [0.717, 1.165) is 18.1 Å². The van der Waals surface area contributed by atoms with Gasteiger partial charge < -0.3 is 20.1 Å². The molecule has 1 rings (SSSR count). The van der Waals surface area contributed by atoms with E-state index in [1.54, 1.807) is 14.2 Å². The molecular weight excluding hydrogens is 264 g/mol. The SMILES string of the molecule is CCC(=O)c1sc(N(CCOC)CCOC)cc1N. The molecule has 0 amide bonds. The first-order chi connectivity index (χ1) is 9.13. The molecule has 0 fully saturated rings. The minimum atomic E-state index is 0.0900. The number of thiophene rings is 1. The highest BCUT2D eigenvalue weighted by atomic mass is 32.1. The highest BCUT2D eigenvalue weighted by molar-refractivity contribution is 7.18. The van der Waals surface area contributed by atoms with Crippen LogP contribution in [0.25, 0.3) is 0 Å². The van der Waals surface area contributed by atoms with Gasteiger partial charge in [-0.25, -0.2) is 0 Å². The number of anilines is 2. The molecule has 1 heterocycles. The summed E-state index contributed by atoms with van der Waals surface area (Å²) >= 11 is 1.44. The average molecular weight is 286 g/mol. The molecule has 0 bridgehead atoms. The zero-order chi connectivity index (χ0) is 14.3. The van der Waals surface area contributed by atoms with Crippen LogP contribution in [0.5, 0.6) is 0 Å². The highest BCUT2D eigenvalue weighted by Crippen LogP contribution is 2.32. The Balaban J connectivity index is 2.85. The molecule has 2 N–H and O–H groups in total. The van der Waals surface area contributed by atoms with Gasteiger partial charge in [-0.2, -0.15) is 0 Å². The van der Waals surface area contributed by atoms with Gasteiger partial charge >= 0.3 is 0 Å². The van der Waals surface area contributed by atoms with E-state index in [-0.39, 0.29) is 5.78 Å². The summed E-state index contributed by atoms with van der Waals surface area (Å²) in [7, 11) is 3.34. The first kappa shape index (κ1) is 15.9. The van der Waals surface area contributed by atoms with Crippen LogP contribution in [0.15, 0.2) is 6.07 Å². The van der Waals surface area contributed by atoms with E-state index in [1.807, 2.05) is 13.0 Å². The van der Waals surface area contributed by atoms with Crippen molar-refractivity contribution in [3.05, 3.63) is 10.9 Å². The molecule has 6 heteroatoms. The Labute approximate surface area is 118 Å². The molecule has 108 valence electrons. The molecule has 19 heavy (non-hydrogen) atoms. The predicted octanol–water partition coefficient (Wildman–Crippen LogP) is 2.02. The maximum atomic E-state index is 11.8. The van der Waals surface area contributed by atoms with Crippen LogP contribution < -0.4 is 10.6 Å². The number of hydrogen-bond donors (Lipinski definition) is 1. The largest absolute Gasteiger partial charge is 0.397 e. The van der Waals surface area contributed by atoms with Crippen molar-refractivity contribution in [1.82, 2.24) is 0 Å². The number of rotatable bonds is 9. The Morgan fingerprint density at radius 2 is 1.89 bits per heavy atom. The number of nitrogens with two attached hydrogens (primary N) is 1. The van der Waals surface area contributed by atoms with Crippen LogP contribution >= 0.6 is 11.3 Å². The van der Waals surface area contributed by atoms with Gasteiger partial charge in [-0.15, -0.1) is 11.3 Å². The fourth-order valence-electron chi connectivity index (χ4n) is 1.66. The Morgan fingerprint density at radius 3 is 2.37 bits per heavy atom. The number of carbonyl (C=O) groups excluding carboxylic acids is 1.